The molecule has 17 aromatic rings. The molecule has 0 saturated heterocycles. The van der Waals surface area contributed by atoms with Gasteiger partial charge in [0.15, 0.2) is 5.82 Å². The summed E-state index contributed by atoms with van der Waals surface area (Å²) >= 11 is 0. The van der Waals surface area contributed by atoms with Crippen LogP contribution in [-0.4, -0.2) is 28.2 Å². The maximum Gasteiger partial charge on any atom is 0.160 e. The van der Waals surface area contributed by atoms with E-state index < -0.39 is 0 Å². The van der Waals surface area contributed by atoms with Gasteiger partial charge >= 0.3 is 0 Å². The van der Waals surface area contributed by atoms with Crippen molar-refractivity contribution in [3.8, 4) is 67.8 Å². The zero-order valence-electron chi connectivity index (χ0n) is 43.1. The summed E-state index contributed by atoms with van der Waals surface area (Å²) in [7, 11) is 0. The van der Waals surface area contributed by atoms with Crippen molar-refractivity contribution in [3.05, 3.63) is 267 Å². The molecule has 1 aliphatic carbocycles. The summed E-state index contributed by atoms with van der Waals surface area (Å²) in [4.78, 5) is 11.4. The molecule has 0 aliphatic heterocycles. The van der Waals surface area contributed by atoms with Crippen LogP contribution in [0.5, 0.6) is 0 Å². The zero-order chi connectivity index (χ0) is 52.2. The Balaban J connectivity index is 0.952. The normalized spacial score (nSPS) is 12.2. The van der Waals surface area contributed by atoms with Crippen molar-refractivity contribution in [1.29, 1.82) is 0 Å². The van der Waals surface area contributed by atoms with Gasteiger partial charge in [-0.15, -0.1) is 0 Å². The highest BCUT2D eigenvalue weighted by atomic mass is 15.0. The van der Waals surface area contributed by atoms with E-state index in [1.807, 2.05) is 0 Å². The number of nitrogens with zero attached hydrogens (tertiary/aromatic N) is 6. The SMILES string of the molecule is c1ccc(-c2nc(-c3cc(-n4c5ccccc5c5ccc(-n6c7ccccc7c7ccccc76)cc54)cc(-n4c5ccccc5c5ccc(-n6c7ccccc7c7ccccc76)cc54)c3)nc3c2-c2cccc4cccc-3c24)cc1. The molecule has 80 heavy (non-hydrogen) atoms. The monoisotopic (exact) mass is 1020 g/mol. The minimum Gasteiger partial charge on any atom is -0.309 e. The highest BCUT2D eigenvalue weighted by Crippen LogP contribution is 2.51. The molecular weight excluding hydrogens is 973 g/mol. The Bertz CT molecular complexity index is 5130. The van der Waals surface area contributed by atoms with Gasteiger partial charge in [0.05, 0.1) is 55.5 Å². The minimum atomic E-state index is 0.661. The molecule has 0 spiro atoms. The quantitative estimate of drug-likeness (QED) is 0.167. The third kappa shape index (κ3) is 6.01. The van der Waals surface area contributed by atoms with Gasteiger partial charge in [-0.25, -0.2) is 9.97 Å². The van der Waals surface area contributed by atoms with Crippen LogP contribution in [0.4, 0.5) is 0 Å². The first kappa shape index (κ1) is 43.3. The fourth-order valence-electron chi connectivity index (χ4n) is 13.7. The molecule has 6 nitrogen and oxygen atoms in total. The van der Waals surface area contributed by atoms with Crippen LogP contribution in [0.25, 0.3) is 166 Å². The molecule has 0 bridgehead atoms. The third-order valence-electron chi connectivity index (χ3n) is 17.1. The fraction of sp³-hybridized carbons (Fsp3) is 0. The maximum atomic E-state index is 5.72. The van der Waals surface area contributed by atoms with Crippen molar-refractivity contribution in [1.82, 2.24) is 28.2 Å². The van der Waals surface area contributed by atoms with Crippen molar-refractivity contribution in [2.45, 2.75) is 0 Å². The van der Waals surface area contributed by atoms with E-state index in [0.29, 0.717) is 5.82 Å². The van der Waals surface area contributed by atoms with E-state index >= 15 is 0 Å². The van der Waals surface area contributed by atoms with Crippen molar-refractivity contribution in [3.63, 3.8) is 0 Å². The standard InChI is InChI=1S/C74H44N6/c1-2-18-46(19-3-1)72-71-60-28-16-20-45-21-17-29-61(70(45)60)73(71)76-74(75-72)47-40-50(79-66-34-14-8-26-56(66)58-38-36-48(43-68(58)79)77-62-30-10-4-22-52(62)53-23-5-11-31-63(53)77)42-51(41-47)80-67-35-15-9-27-57(67)59-39-37-49(44-69(59)80)78-64-32-12-6-24-54(64)55-25-7-13-33-65(55)78/h1-44H. The van der Waals surface area contributed by atoms with Gasteiger partial charge in [0.1, 0.15) is 0 Å². The van der Waals surface area contributed by atoms with E-state index in [1.165, 1.54) is 81.5 Å². The van der Waals surface area contributed by atoms with Gasteiger partial charge in [-0.05, 0) is 95.2 Å². The molecule has 0 radical (unpaired) electrons. The highest BCUT2D eigenvalue weighted by Gasteiger charge is 2.29. The molecule has 12 aromatic carbocycles. The molecule has 0 amide bonds. The van der Waals surface area contributed by atoms with Crippen LogP contribution < -0.4 is 0 Å². The fourth-order valence-corrected chi connectivity index (χ4v) is 13.7. The molecule has 1 aliphatic rings. The van der Waals surface area contributed by atoms with Gasteiger partial charge in [0, 0.05) is 88.1 Å². The van der Waals surface area contributed by atoms with Gasteiger partial charge in [-0.3, -0.25) is 0 Å². The average Bonchev–Trinajstić information content (AvgIpc) is 4.49. The Morgan fingerprint density at radius 1 is 0.237 bits per heavy atom. The summed E-state index contributed by atoms with van der Waals surface area (Å²) in [6.07, 6.45) is 0. The smallest absolute Gasteiger partial charge is 0.160 e. The first-order chi connectivity index (χ1) is 39.7. The molecule has 18 rings (SSSR count). The van der Waals surface area contributed by atoms with E-state index in [1.54, 1.807) is 0 Å². The Morgan fingerprint density at radius 2 is 0.613 bits per heavy atom. The van der Waals surface area contributed by atoms with Crippen molar-refractivity contribution < 1.29 is 0 Å². The predicted molar refractivity (Wildman–Crippen MR) is 332 cm³/mol. The molecule has 5 aromatic heterocycles. The Kier molecular flexibility index (Phi) is 8.85. The second kappa shape index (κ2) is 16.4. The molecule has 0 unspecified atom stereocenters. The van der Waals surface area contributed by atoms with Crippen LogP contribution in [0, 0.1) is 0 Å². The number of benzene rings is 12. The number of rotatable bonds is 6. The lowest BCUT2D eigenvalue weighted by molar-refractivity contribution is 1.11. The van der Waals surface area contributed by atoms with E-state index in [0.717, 1.165) is 78.5 Å². The largest absolute Gasteiger partial charge is 0.309 e. The van der Waals surface area contributed by atoms with E-state index in [9.17, 15) is 0 Å². The third-order valence-corrected chi connectivity index (χ3v) is 17.1. The lowest BCUT2D eigenvalue weighted by Crippen LogP contribution is -2.03. The zero-order valence-corrected chi connectivity index (χ0v) is 43.1. The van der Waals surface area contributed by atoms with Crippen molar-refractivity contribution in [2.75, 3.05) is 0 Å². The molecule has 0 saturated carbocycles. The van der Waals surface area contributed by atoms with Crippen LogP contribution in [0.15, 0.2) is 267 Å². The maximum absolute atomic E-state index is 5.72. The first-order valence-corrected chi connectivity index (χ1v) is 27.4. The van der Waals surface area contributed by atoms with Crippen molar-refractivity contribution in [2.24, 2.45) is 0 Å². The molecule has 0 fully saturated rings. The summed E-state index contributed by atoms with van der Waals surface area (Å²) in [6, 6.07) is 97.5. The summed E-state index contributed by atoms with van der Waals surface area (Å²) < 4.78 is 9.77. The number of aromatic nitrogens is 6. The molecule has 6 heteroatoms. The molecule has 0 atom stereocenters. The number of fused-ring (bicyclic) bond motifs is 15. The Hall–Kier alpha value is -10.8. The van der Waals surface area contributed by atoms with Crippen LogP contribution in [0.2, 0.25) is 0 Å². The van der Waals surface area contributed by atoms with Gasteiger partial charge in [0.2, 0.25) is 0 Å². The Labute approximate surface area is 458 Å². The predicted octanol–water partition coefficient (Wildman–Crippen LogP) is 19.0. The van der Waals surface area contributed by atoms with Crippen molar-refractivity contribution >= 4 is 98.0 Å². The lowest BCUT2D eigenvalue weighted by Gasteiger charge is -2.17. The Morgan fingerprint density at radius 3 is 1.06 bits per heavy atom. The molecule has 370 valence electrons. The summed E-state index contributed by atoms with van der Waals surface area (Å²) in [6.45, 7) is 0. The summed E-state index contributed by atoms with van der Waals surface area (Å²) in [5.74, 6) is 0.661. The number of hydrogen-bond acceptors (Lipinski definition) is 2. The highest BCUT2D eigenvalue weighted by molar-refractivity contribution is 6.18. The van der Waals surface area contributed by atoms with Gasteiger partial charge < -0.3 is 18.3 Å². The lowest BCUT2D eigenvalue weighted by atomic mass is 9.99. The summed E-state index contributed by atoms with van der Waals surface area (Å²) in [5, 5.41) is 12.1. The summed E-state index contributed by atoms with van der Waals surface area (Å²) in [5.41, 5.74) is 20.5. The molecule has 5 heterocycles. The minimum absolute atomic E-state index is 0.661. The second-order valence-electron chi connectivity index (χ2n) is 21.3. The number of hydrogen-bond donors (Lipinski definition) is 0. The average molecular weight is 1020 g/mol. The number of para-hydroxylation sites is 6. The first-order valence-electron chi connectivity index (χ1n) is 27.4. The molecular formula is C74H44N6. The van der Waals surface area contributed by atoms with Gasteiger partial charge in [0.25, 0.3) is 0 Å². The van der Waals surface area contributed by atoms with Crippen LogP contribution in [0.1, 0.15) is 0 Å². The van der Waals surface area contributed by atoms with E-state index in [2.05, 4.69) is 285 Å². The molecule has 0 N–H and O–H groups in total. The van der Waals surface area contributed by atoms with E-state index in [-0.39, 0.29) is 0 Å². The topological polar surface area (TPSA) is 45.5 Å². The van der Waals surface area contributed by atoms with Crippen LogP contribution >= 0.6 is 0 Å². The second-order valence-corrected chi connectivity index (χ2v) is 21.3. The van der Waals surface area contributed by atoms with Gasteiger partial charge in [-0.2, -0.15) is 0 Å². The van der Waals surface area contributed by atoms with Crippen LogP contribution in [-0.2, 0) is 0 Å². The van der Waals surface area contributed by atoms with Gasteiger partial charge in [-0.1, -0.05) is 188 Å². The van der Waals surface area contributed by atoms with E-state index in [4.69, 9.17) is 9.97 Å². The van der Waals surface area contributed by atoms with Crippen LogP contribution in [0.3, 0.4) is 0 Å².